The lowest BCUT2D eigenvalue weighted by Crippen LogP contribution is -2.04. The Morgan fingerprint density at radius 1 is 0.909 bits per heavy atom. The van der Waals surface area contributed by atoms with Crippen LogP contribution in [-0.2, 0) is 17.6 Å². The number of aromatic nitrogens is 2. The van der Waals surface area contributed by atoms with Gasteiger partial charge >= 0.3 is 0 Å². The predicted octanol–water partition coefficient (Wildman–Crippen LogP) is 2.63. The van der Waals surface area contributed by atoms with Crippen LogP contribution in [0.25, 0.3) is 0 Å². The third-order valence-electron chi connectivity index (χ3n) is 3.37. The minimum atomic E-state index is 0.203. The van der Waals surface area contributed by atoms with Gasteiger partial charge in [0.1, 0.15) is 17.3 Å². The maximum absolute atomic E-state index is 12.0. The van der Waals surface area contributed by atoms with Gasteiger partial charge in [-0.15, -0.1) is 0 Å². The quantitative estimate of drug-likeness (QED) is 0.750. The molecule has 0 bridgehead atoms. The maximum Gasteiger partial charge on any atom is 0.133 e. The average Bonchev–Trinajstić information content (AvgIpc) is 2.58. The molecule has 0 saturated carbocycles. The first-order valence-corrected chi connectivity index (χ1v) is 7.21. The zero-order valence-corrected chi connectivity index (χ0v) is 12.9. The molecule has 0 unspecified atom stereocenters. The van der Waals surface area contributed by atoms with Crippen LogP contribution in [0.15, 0.2) is 36.7 Å². The summed E-state index contributed by atoms with van der Waals surface area (Å²) in [7, 11) is 3.23. The third kappa shape index (κ3) is 4.84. The predicted molar refractivity (Wildman–Crippen MR) is 83.2 cm³/mol. The molecule has 0 N–H and O–H groups in total. The SMILES string of the molecule is COc1ccnc(CCC(=O)CCc2cc(OC)ccn2)c1. The zero-order valence-electron chi connectivity index (χ0n) is 12.9. The molecule has 5 heteroatoms. The van der Waals surface area contributed by atoms with E-state index in [0.717, 1.165) is 22.9 Å². The summed E-state index contributed by atoms with van der Waals surface area (Å²) in [6, 6.07) is 7.30. The molecule has 2 rings (SSSR count). The molecular formula is C17H20N2O3. The van der Waals surface area contributed by atoms with E-state index >= 15 is 0 Å². The van der Waals surface area contributed by atoms with E-state index in [1.54, 1.807) is 38.7 Å². The second-order valence-electron chi connectivity index (χ2n) is 4.91. The van der Waals surface area contributed by atoms with Gasteiger partial charge in [-0.2, -0.15) is 0 Å². The van der Waals surface area contributed by atoms with Crippen molar-refractivity contribution in [1.82, 2.24) is 9.97 Å². The Morgan fingerprint density at radius 3 is 1.77 bits per heavy atom. The second kappa shape index (κ2) is 8.12. The number of Topliss-reactive ketones (excluding diaryl/α,β-unsaturated/α-hetero) is 1. The first kappa shape index (κ1) is 15.9. The number of aryl methyl sites for hydroxylation is 2. The topological polar surface area (TPSA) is 61.3 Å². The van der Waals surface area contributed by atoms with Gasteiger partial charge in [0.25, 0.3) is 0 Å². The first-order chi connectivity index (χ1) is 10.7. The summed E-state index contributed by atoms with van der Waals surface area (Å²) in [6.45, 7) is 0. The number of pyridine rings is 2. The highest BCUT2D eigenvalue weighted by Gasteiger charge is 2.06. The van der Waals surface area contributed by atoms with Crippen molar-refractivity contribution in [3.8, 4) is 11.5 Å². The molecule has 0 atom stereocenters. The zero-order chi connectivity index (χ0) is 15.8. The molecule has 0 amide bonds. The molecule has 2 aromatic heterocycles. The fourth-order valence-electron chi connectivity index (χ4n) is 2.10. The van der Waals surface area contributed by atoms with Crippen LogP contribution >= 0.6 is 0 Å². The molecule has 22 heavy (non-hydrogen) atoms. The van der Waals surface area contributed by atoms with Crippen molar-refractivity contribution in [3.05, 3.63) is 48.0 Å². The molecule has 5 nitrogen and oxygen atoms in total. The van der Waals surface area contributed by atoms with E-state index in [0.29, 0.717) is 25.7 Å². The molecule has 116 valence electrons. The van der Waals surface area contributed by atoms with Crippen LogP contribution in [0.5, 0.6) is 11.5 Å². The first-order valence-electron chi connectivity index (χ1n) is 7.21. The molecular weight excluding hydrogens is 280 g/mol. The fourth-order valence-corrected chi connectivity index (χ4v) is 2.10. The molecule has 0 fully saturated rings. The average molecular weight is 300 g/mol. The van der Waals surface area contributed by atoms with Crippen molar-refractivity contribution in [2.75, 3.05) is 14.2 Å². The van der Waals surface area contributed by atoms with Crippen LogP contribution in [0.4, 0.5) is 0 Å². The molecule has 2 aromatic rings. The largest absolute Gasteiger partial charge is 0.497 e. The van der Waals surface area contributed by atoms with Crippen LogP contribution in [0.2, 0.25) is 0 Å². The van der Waals surface area contributed by atoms with Gasteiger partial charge in [0.15, 0.2) is 0 Å². The second-order valence-corrected chi connectivity index (χ2v) is 4.91. The molecule has 0 spiro atoms. The Bertz CT molecular complexity index is 575. The Hall–Kier alpha value is -2.43. The summed E-state index contributed by atoms with van der Waals surface area (Å²) in [4.78, 5) is 20.5. The van der Waals surface area contributed by atoms with Gasteiger partial charge in [-0.05, 0) is 25.0 Å². The van der Waals surface area contributed by atoms with E-state index in [2.05, 4.69) is 9.97 Å². The number of ether oxygens (including phenoxy) is 2. The van der Waals surface area contributed by atoms with Gasteiger partial charge in [0.2, 0.25) is 0 Å². The van der Waals surface area contributed by atoms with E-state index in [4.69, 9.17) is 9.47 Å². The van der Waals surface area contributed by atoms with Gasteiger partial charge in [0.05, 0.1) is 14.2 Å². The smallest absolute Gasteiger partial charge is 0.133 e. The Kier molecular flexibility index (Phi) is 5.89. The summed E-state index contributed by atoms with van der Waals surface area (Å²) in [5.41, 5.74) is 1.74. The number of nitrogens with zero attached hydrogens (tertiary/aromatic N) is 2. The summed E-state index contributed by atoms with van der Waals surface area (Å²) in [5, 5.41) is 0. The Morgan fingerprint density at radius 2 is 1.36 bits per heavy atom. The molecule has 0 saturated heterocycles. The molecule has 0 aliphatic carbocycles. The number of carbonyl (C=O) groups excluding carboxylic acids is 1. The van der Waals surface area contributed by atoms with E-state index in [1.165, 1.54) is 0 Å². The third-order valence-corrected chi connectivity index (χ3v) is 3.37. The van der Waals surface area contributed by atoms with Crippen molar-refractivity contribution >= 4 is 5.78 Å². The van der Waals surface area contributed by atoms with E-state index in [-0.39, 0.29) is 5.78 Å². The summed E-state index contributed by atoms with van der Waals surface area (Å²) >= 11 is 0. The van der Waals surface area contributed by atoms with Gasteiger partial charge < -0.3 is 9.47 Å². The van der Waals surface area contributed by atoms with Crippen molar-refractivity contribution in [3.63, 3.8) is 0 Å². The summed E-state index contributed by atoms with van der Waals surface area (Å²) in [5.74, 6) is 1.73. The normalized spacial score (nSPS) is 10.3. The Labute approximate surface area is 130 Å². The van der Waals surface area contributed by atoms with Crippen LogP contribution < -0.4 is 9.47 Å². The van der Waals surface area contributed by atoms with Crippen LogP contribution in [0.1, 0.15) is 24.2 Å². The maximum atomic E-state index is 12.0. The lowest BCUT2D eigenvalue weighted by molar-refractivity contribution is -0.119. The number of carbonyl (C=O) groups is 1. The minimum absolute atomic E-state index is 0.203. The Balaban J connectivity index is 1.80. The molecule has 0 aliphatic heterocycles. The number of ketones is 1. The molecule has 0 aliphatic rings. The lowest BCUT2D eigenvalue weighted by Gasteiger charge is -2.05. The van der Waals surface area contributed by atoms with Crippen molar-refractivity contribution in [2.45, 2.75) is 25.7 Å². The molecule has 0 radical (unpaired) electrons. The standard InChI is InChI=1S/C17H20N2O3/c1-21-16-7-9-18-13(11-16)3-5-15(20)6-4-14-12-17(22-2)8-10-19-14/h7-12H,3-6H2,1-2H3. The van der Waals surface area contributed by atoms with Crippen LogP contribution in [-0.4, -0.2) is 30.0 Å². The van der Waals surface area contributed by atoms with Gasteiger partial charge in [-0.25, -0.2) is 0 Å². The number of hydrogen-bond acceptors (Lipinski definition) is 5. The minimum Gasteiger partial charge on any atom is -0.497 e. The van der Waals surface area contributed by atoms with E-state index < -0.39 is 0 Å². The van der Waals surface area contributed by atoms with Gasteiger partial charge in [-0.1, -0.05) is 0 Å². The van der Waals surface area contributed by atoms with E-state index in [9.17, 15) is 4.79 Å². The fraction of sp³-hybridized carbons (Fsp3) is 0.353. The van der Waals surface area contributed by atoms with Crippen LogP contribution in [0, 0.1) is 0 Å². The monoisotopic (exact) mass is 300 g/mol. The summed E-state index contributed by atoms with van der Waals surface area (Å²) in [6.07, 6.45) is 5.59. The number of methoxy groups -OCH3 is 2. The van der Waals surface area contributed by atoms with Gasteiger partial charge in [0, 0.05) is 48.8 Å². The van der Waals surface area contributed by atoms with Crippen molar-refractivity contribution < 1.29 is 14.3 Å². The highest BCUT2D eigenvalue weighted by atomic mass is 16.5. The van der Waals surface area contributed by atoms with Gasteiger partial charge in [-0.3, -0.25) is 14.8 Å². The molecule has 2 heterocycles. The highest BCUT2D eigenvalue weighted by Crippen LogP contribution is 2.14. The number of hydrogen-bond donors (Lipinski definition) is 0. The molecule has 0 aromatic carbocycles. The lowest BCUT2D eigenvalue weighted by atomic mass is 10.1. The van der Waals surface area contributed by atoms with Crippen molar-refractivity contribution in [2.24, 2.45) is 0 Å². The van der Waals surface area contributed by atoms with Crippen molar-refractivity contribution in [1.29, 1.82) is 0 Å². The van der Waals surface area contributed by atoms with E-state index in [1.807, 2.05) is 12.1 Å². The summed E-state index contributed by atoms with van der Waals surface area (Å²) < 4.78 is 10.3. The number of rotatable bonds is 8. The van der Waals surface area contributed by atoms with Crippen LogP contribution in [0.3, 0.4) is 0 Å². The highest BCUT2D eigenvalue weighted by molar-refractivity contribution is 5.78.